The van der Waals surface area contributed by atoms with Crippen LogP contribution in [0.15, 0.2) is 12.2 Å². The zero-order valence-electron chi connectivity index (χ0n) is 5.58. The maximum Gasteiger partial charge on any atom is 0.0869 e. The Morgan fingerprint density at radius 2 is 2.56 bits per heavy atom. The summed E-state index contributed by atoms with van der Waals surface area (Å²) in [5.41, 5.74) is 0. The van der Waals surface area contributed by atoms with Crippen LogP contribution in [0, 0.1) is 5.92 Å². The molecule has 0 saturated carbocycles. The average molecular weight is 128 g/mol. The minimum Gasteiger partial charge on any atom is -0.392 e. The molecule has 0 aromatic heterocycles. The van der Waals surface area contributed by atoms with Gasteiger partial charge in [-0.1, -0.05) is 19.1 Å². The molecule has 2 nitrogen and oxygen atoms in total. The van der Waals surface area contributed by atoms with Gasteiger partial charge in [-0.25, -0.2) is 0 Å². The van der Waals surface area contributed by atoms with Crippen molar-refractivity contribution in [2.75, 3.05) is 13.2 Å². The fraction of sp³-hybridized carbons (Fsp3) is 0.714. The fourth-order valence-corrected chi connectivity index (χ4v) is 0.759. The van der Waals surface area contributed by atoms with E-state index in [1.807, 2.05) is 6.08 Å². The number of aliphatic hydroxyl groups excluding tert-OH is 1. The second kappa shape index (κ2) is 2.99. The fourth-order valence-electron chi connectivity index (χ4n) is 0.759. The summed E-state index contributed by atoms with van der Waals surface area (Å²) in [5.74, 6) is 0.470. The lowest BCUT2D eigenvalue weighted by molar-refractivity contribution is 0.339. The van der Waals surface area contributed by atoms with Crippen LogP contribution < -0.4 is 0 Å². The molecule has 0 radical (unpaired) electrons. The summed E-state index contributed by atoms with van der Waals surface area (Å²) in [4.78, 5) is 0. The first-order valence-corrected chi connectivity index (χ1v) is 3.23. The maximum absolute atomic E-state index is 8.39. The van der Waals surface area contributed by atoms with E-state index < -0.39 is 0 Å². The first-order chi connectivity index (χ1) is 4.34. The number of ether oxygens (including phenoxy) is 1. The quantitative estimate of drug-likeness (QED) is 0.445. The van der Waals surface area contributed by atoms with Gasteiger partial charge in [-0.05, 0) is 0 Å². The van der Waals surface area contributed by atoms with E-state index in [-0.39, 0.29) is 6.61 Å². The monoisotopic (exact) mass is 128 g/mol. The largest absolute Gasteiger partial charge is 0.392 e. The zero-order valence-corrected chi connectivity index (χ0v) is 5.58. The summed E-state index contributed by atoms with van der Waals surface area (Å²) >= 11 is 0. The SMILES string of the molecule is CC(C=CCO)C1CO1. The molecule has 1 rings (SSSR count). The van der Waals surface area contributed by atoms with E-state index in [2.05, 4.69) is 6.92 Å². The smallest absolute Gasteiger partial charge is 0.0869 e. The van der Waals surface area contributed by atoms with Gasteiger partial charge in [0, 0.05) is 5.92 Å². The Labute approximate surface area is 55.1 Å². The highest BCUT2D eigenvalue weighted by Gasteiger charge is 2.27. The second-order valence-electron chi connectivity index (χ2n) is 2.34. The third-order valence-corrected chi connectivity index (χ3v) is 1.49. The molecule has 0 aromatic rings. The Balaban J connectivity index is 2.16. The average Bonchev–Trinajstić information content (AvgIpc) is 2.63. The first kappa shape index (κ1) is 6.78. The molecule has 1 N–H and O–H groups in total. The molecule has 1 aliphatic heterocycles. The minimum atomic E-state index is 0.136. The van der Waals surface area contributed by atoms with Crippen molar-refractivity contribution >= 4 is 0 Å². The van der Waals surface area contributed by atoms with Crippen molar-refractivity contribution in [2.24, 2.45) is 5.92 Å². The van der Waals surface area contributed by atoms with Crippen LogP contribution in [0.25, 0.3) is 0 Å². The molecule has 9 heavy (non-hydrogen) atoms. The number of hydrogen-bond donors (Lipinski definition) is 1. The van der Waals surface area contributed by atoms with Gasteiger partial charge in [0.05, 0.1) is 19.3 Å². The lowest BCUT2D eigenvalue weighted by Gasteiger charge is -1.96. The second-order valence-corrected chi connectivity index (χ2v) is 2.34. The molecule has 2 heteroatoms. The van der Waals surface area contributed by atoms with E-state index >= 15 is 0 Å². The molecule has 0 bridgehead atoms. The van der Waals surface area contributed by atoms with Crippen LogP contribution in [-0.2, 0) is 4.74 Å². The molecule has 1 aliphatic rings. The Morgan fingerprint density at radius 3 is 3.00 bits per heavy atom. The molecule has 0 aliphatic carbocycles. The van der Waals surface area contributed by atoms with Crippen molar-refractivity contribution in [3.63, 3.8) is 0 Å². The molecule has 1 fully saturated rings. The van der Waals surface area contributed by atoms with Gasteiger partial charge in [-0.2, -0.15) is 0 Å². The third kappa shape index (κ3) is 2.16. The molecular weight excluding hydrogens is 116 g/mol. The lowest BCUT2D eigenvalue weighted by Crippen LogP contribution is -1.98. The molecule has 0 amide bonds. The number of rotatable bonds is 3. The van der Waals surface area contributed by atoms with Gasteiger partial charge in [-0.15, -0.1) is 0 Å². The maximum atomic E-state index is 8.39. The van der Waals surface area contributed by atoms with Crippen LogP contribution in [0.5, 0.6) is 0 Å². The van der Waals surface area contributed by atoms with E-state index in [9.17, 15) is 0 Å². The molecule has 52 valence electrons. The van der Waals surface area contributed by atoms with E-state index in [4.69, 9.17) is 9.84 Å². The predicted octanol–water partition coefficient (Wildman–Crippen LogP) is 0.570. The molecular formula is C7H12O2. The number of aliphatic hydroxyl groups is 1. The molecule has 2 atom stereocenters. The third-order valence-electron chi connectivity index (χ3n) is 1.49. The normalized spacial score (nSPS) is 28.9. The van der Waals surface area contributed by atoms with Crippen molar-refractivity contribution in [3.8, 4) is 0 Å². The Bertz CT molecular complexity index is 105. The zero-order chi connectivity index (χ0) is 6.69. The molecule has 2 unspecified atom stereocenters. The van der Waals surface area contributed by atoms with Crippen LogP contribution in [0.4, 0.5) is 0 Å². The first-order valence-electron chi connectivity index (χ1n) is 3.23. The highest BCUT2D eigenvalue weighted by molar-refractivity contribution is 4.93. The van der Waals surface area contributed by atoms with Crippen molar-refractivity contribution in [1.82, 2.24) is 0 Å². The standard InChI is InChI=1S/C7H12O2/c1-6(3-2-4-8)7-5-9-7/h2-3,6-8H,4-5H2,1H3. The van der Waals surface area contributed by atoms with Gasteiger partial charge in [0.25, 0.3) is 0 Å². The summed E-state index contributed by atoms with van der Waals surface area (Å²) in [5, 5.41) is 8.39. The van der Waals surface area contributed by atoms with Gasteiger partial charge < -0.3 is 9.84 Å². The van der Waals surface area contributed by atoms with Crippen molar-refractivity contribution in [3.05, 3.63) is 12.2 Å². The summed E-state index contributed by atoms with van der Waals surface area (Å²) < 4.78 is 5.03. The van der Waals surface area contributed by atoms with Gasteiger partial charge in [-0.3, -0.25) is 0 Å². The summed E-state index contributed by atoms with van der Waals surface area (Å²) in [6.45, 7) is 3.11. The van der Waals surface area contributed by atoms with Crippen LogP contribution in [0.3, 0.4) is 0 Å². The summed E-state index contributed by atoms with van der Waals surface area (Å²) in [6.07, 6.45) is 4.16. The van der Waals surface area contributed by atoms with Crippen LogP contribution in [0.1, 0.15) is 6.92 Å². The molecule has 1 saturated heterocycles. The Kier molecular flexibility index (Phi) is 2.25. The number of epoxide rings is 1. The van der Waals surface area contributed by atoms with E-state index in [1.165, 1.54) is 0 Å². The summed E-state index contributed by atoms with van der Waals surface area (Å²) in [6, 6.07) is 0. The molecule has 1 heterocycles. The van der Waals surface area contributed by atoms with Crippen LogP contribution in [0.2, 0.25) is 0 Å². The Hall–Kier alpha value is -0.340. The number of hydrogen-bond acceptors (Lipinski definition) is 2. The highest BCUT2D eigenvalue weighted by Crippen LogP contribution is 2.20. The van der Waals surface area contributed by atoms with E-state index in [0.29, 0.717) is 12.0 Å². The molecule has 0 spiro atoms. The minimum absolute atomic E-state index is 0.136. The van der Waals surface area contributed by atoms with Crippen LogP contribution >= 0.6 is 0 Å². The summed E-state index contributed by atoms with van der Waals surface area (Å²) in [7, 11) is 0. The highest BCUT2D eigenvalue weighted by atomic mass is 16.6. The van der Waals surface area contributed by atoms with Crippen molar-refractivity contribution < 1.29 is 9.84 Å². The van der Waals surface area contributed by atoms with Gasteiger partial charge in [0.1, 0.15) is 0 Å². The predicted molar refractivity (Wildman–Crippen MR) is 35.1 cm³/mol. The van der Waals surface area contributed by atoms with Crippen LogP contribution in [-0.4, -0.2) is 24.4 Å². The van der Waals surface area contributed by atoms with Gasteiger partial charge in [0.15, 0.2) is 0 Å². The van der Waals surface area contributed by atoms with Crippen molar-refractivity contribution in [2.45, 2.75) is 13.0 Å². The lowest BCUT2D eigenvalue weighted by atomic mass is 10.1. The van der Waals surface area contributed by atoms with E-state index in [1.54, 1.807) is 6.08 Å². The van der Waals surface area contributed by atoms with Crippen molar-refractivity contribution in [1.29, 1.82) is 0 Å². The Morgan fingerprint density at radius 1 is 1.89 bits per heavy atom. The topological polar surface area (TPSA) is 32.8 Å². The van der Waals surface area contributed by atoms with Gasteiger partial charge >= 0.3 is 0 Å². The van der Waals surface area contributed by atoms with Gasteiger partial charge in [0.2, 0.25) is 0 Å². The van der Waals surface area contributed by atoms with E-state index in [0.717, 1.165) is 6.61 Å². The molecule has 0 aromatic carbocycles.